The smallest absolute Gasteiger partial charge is 0.0726 e. The van der Waals surface area contributed by atoms with E-state index in [0.29, 0.717) is 0 Å². The first-order valence-corrected chi connectivity index (χ1v) is 21.3. The molecule has 0 aromatic heterocycles. The predicted octanol–water partition coefficient (Wildman–Crippen LogP) is 13.7. The summed E-state index contributed by atoms with van der Waals surface area (Å²) in [6, 6.07) is 78.1. The summed E-state index contributed by atoms with van der Waals surface area (Å²) in [5.74, 6) is 0. The lowest BCUT2D eigenvalue weighted by Gasteiger charge is -2.40. The molecule has 9 aromatic carbocycles. The van der Waals surface area contributed by atoms with Crippen molar-refractivity contribution in [2.24, 2.45) is 0 Å². The fourth-order valence-corrected chi connectivity index (χ4v) is 12.4. The zero-order chi connectivity index (χ0) is 39.2. The van der Waals surface area contributed by atoms with E-state index in [-0.39, 0.29) is 10.8 Å². The van der Waals surface area contributed by atoms with Gasteiger partial charge in [-0.25, -0.2) is 0 Å². The normalized spacial score (nSPS) is 15.7. The van der Waals surface area contributed by atoms with Crippen molar-refractivity contribution in [2.75, 3.05) is 22.9 Å². The molecule has 0 atom stereocenters. The highest BCUT2D eigenvalue weighted by Crippen LogP contribution is 2.65. The zero-order valence-corrected chi connectivity index (χ0v) is 32.9. The van der Waals surface area contributed by atoms with Crippen LogP contribution in [-0.2, 0) is 10.8 Å². The Labute approximate surface area is 350 Å². The molecule has 4 aliphatic carbocycles. The lowest BCUT2D eigenvalue weighted by molar-refractivity contribution is 0.788. The lowest BCUT2D eigenvalue weighted by atomic mass is 9.70. The van der Waals surface area contributed by atoms with E-state index in [0.717, 1.165) is 13.1 Å². The van der Waals surface area contributed by atoms with Crippen molar-refractivity contribution in [2.45, 2.75) is 10.8 Å². The average molecular weight is 763 g/mol. The fraction of sp³-hybridized carbons (Fsp3) is 0.0690. The Kier molecular flexibility index (Phi) is 6.30. The molecular formula is C58H38N2. The van der Waals surface area contributed by atoms with Crippen LogP contribution in [0.15, 0.2) is 206 Å². The Balaban J connectivity index is 0.921. The number of hydrogen-bond acceptors (Lipinski definition) is 2. The van der Waals surface area contributed by atoms with Crippen LogP contribution < -0.4 is 9.80 Å². The first kappa shape index (κ1) is 32.5. The molecule has 1 heterocycles. The molecule has 0 N–H and O–H groups in total. The van der Waals surface area contributed by atoms with Crippen molar-refractivity contribution in [1.29, 1.82) is 0 Å². The molecule has 1 aliphatic heterocycles. The maximum atomic E-state index is 2.56. The van der Waals surface area contributed by atoms with Gasteiger partial charge in [-0.3, -0.25) is 0 Å². The SMILES string of the molecule is c1ccc2c(c1)-c1ccccc1C21c2ccccc2-c2ccc(N3CCN(c4ccc5c(c4)C4(c6ccccc6-c6ccccc64)c4ccccc4-5)c4ccccc43)cc21. The second kappa shape index (κ2) is 11.6. The maximum absolute atomic E-state index is 2.56. The summed E-state index contributed by atoms with van der Waals surface area (Å²) in [5, 5.41) is 0. The molecule has 2 heteroatoms. The molecule has 0 radical (unpaired) electrons. The van der Waals surface area contributed by atoms with Crippen LogP contribution in [0.3, 0.4) is 0 Å². The average Bonchev–Trinajstić information content (AvgIpc) is 4.00. The number of anilines is 4. The Morgan fingerprint density at radius 2 is 0.500 bits per heavy atom. The minimum Gasteiger partial charge on any atom is -0.338 e. The van der Waals surface area contributed by atoms with E-state index in [4.69, 9.17) is 0 Å². The van der Waals surface area contributed by atoms with Crippen LogP contribution in [-0.4, -0.2) is 13.1 Å². The topological polar surface area (TPSA) is 6.48 Å². The van der Waals surface area contributed by atoms with Crippen LogP contribution in [0.1, 0.15) is 44.5 Å². The number of para-hydroxylation sites is 2. The number of hydrogen-bond donors (Lipinski definition) is 0. The molecule has 0 bridgehead atoms. The Morgan fingerprint density at radius 1 is 0.250 bits per heavy atom. The first-order chi connectivity index (χ1) is 29.8. The van der Waals surface area contributed by atoms with Gasteiger partial charge in [-0.05, 0) is 125 Å². The van der Waals surface area contributed by atoms with Gasteiger partial charge < -0.3 is 9.80 Å². The summed E-state index contributed by atoms with van der Waals surface area (Å²) in [5.41, 5.74) is 25.9. The van der Waals surface area contributed by atoms with Gasteiger partial charge in [0, 0.05) is 24.5 Å². The van der Waals surface area contributed by atoms with Crippen LogP contribution in [0.5, 0.6) is 0 Å². The van der Waals surface area contributed by atoms with Gasteiger partial charge >= 0.3 is 0 Å². The molecule has 14 rings (SSSR count). The summed E-state index contributed by atoms with van der Waals surface area (Å²) in [7, 11) is 0. The third-order valence-corrected chi connectivity index (χ3v) is 14.6. The van der Waals surface area contributed by atoms with Gasteiger partial charge in [0.1, 0.15) is 0 Å². The van der Waals surface area contributed by atoms with Crippen molar-refractivity contribution >= 4 is 22.7 Å². The second-order valence-corrected chi connectivity index (χ2v) is 17.0. The number of benzene rings is 9. The van der Waals surface area contributed by atoms with Crippen LogP contribution in [0, 0.1) is 0 Å². The summed E-state index contributed by atoms with van der Waals surface area (Å²) >= 11 is 0. The van der Waals surface area contributed by atoms with Crippen molar-refractivity contribution in [3.8, 4) is 44.5 Å². The van der Waals surface area contributed by atoms with E-state index in [1.54, 1.807) is 0 Å². The molecule has 0 amide bonds. The highest BCUT2D eigenvalue weighted by molar-refractivity contribution is 5.98. The predicted molar refractivity (Wildman–Crippen MR) is 246 cm³/mol. The van der Waals surface area contributed by atoms with E-state index < -0.39 is 0 Å². The van der Waals surface area contributed by atoms with Gasteiger partial charge in [0.2, 0.25) is 0 Å². The Bertz CT molecular complexity index is 2970. The van der Waals surface area contributed by atoms with E-state index in [1.165, 1.54) is 112 Å². The molecule has 0 saturated carbocycles. The quantitative estimate of drug-likeness (QED) is 0.173. The minimum atomic E-state index is -0.369. The van der Waals surface area contributed by atoms with Crippen molar-refractivity contribution < 1.29 is 0 Å². The summed E-state index contributed by atoms with van der Waals surface area (Å²) < 4.78 is 0. The molecule has 0 saturated heterocycles. The lowest BCUT2D eigenvalue weighted by Crippen LogP contribution is -2.36. The molecule has 2 nitrogen and oxygen atoms in total. The largest absolute Gasteiger partial charge is 0.338 e. The maximum Gasteiger partial charge on any atom is 0.0726 e. The number of fused-ring (bicyclic) bond motifs is 21. The monoisotopic (exact) mass is 762 g/mol. The minimum absolute atomic E-state index is 0.369. The molecule has 5 aliphatic rings. The Hall–Kier alpha value is -7.42. The molecule has 9 aromatic rings. The van der Waals surface area contributed by atoms with Crippen LogP contribution in [0.4, 0.5) is 22.7 Å². The fourth-order valence-electron chi connectivity index (χ4n) is 12.4. The molecule has 0 unspecified atom stereocenters. The molecule has 280 valence electrons. The molecule has 60 heavy (non-hydrogen) atoms. The van der Waals surface area contributed by atoms with Gasteiger partial charge in [0.05, 0.1) is 22.2 Å². The van der Waals surface area contributed by atoms with Crippen LogP contribution in [0.25, 0.3) is 44.5 Å². The van der Waals surface area contributed by atoms with Crippen LogP contribution in [0.2, 0.25) is 0 Å². The van der Waals surface area contributed by atoms with Crippen molar-refractivity contribution in [3.05, 3.63) is 251 Å². The highest BCUT2D eigenvalue weighted by atomic mass is 15.3. The molecular weight excluding hydrogens is 725 g/mol. The van der Waals surface area contributed by atoms with Gasteiger partial charge in [-0.1, -0.05) is 170 Å². The number of rotatable bonds is 2. The first-order valence-electron chi connectivity index (χ1n) is 21.3. The van der Waals surface area contributed by atoms with Gasteiger partial charge in [-0.15, -0.1) is 0 Å². The molecule has 2 spiro atoms. The van der Waals surface area contributed by atoms with Gasteiger partial charge in [-0.2, -0.15) is 0 Å². The second-order valence-electron chi connectivity index (χ2n) is 17.0. The molecule has 0 fully saturated rings. The third-order valence-electron chi connectivity index (χ3n) is 14.6. The van der Waals surface area contributed by atoms with E-state index >= 15 is 0 Å². The van der Waals surface area contributed by atoms with E-state index in [2.05, 4.69) is 216 Å². The zero-order valence-electron chi connectivity index (χ0n) is 32.9. The summed E-state index contributed by atoms with van der Waals surface area (Å²) in [6.45, 7) is 1.72. The van der Waals surface area contributed by atoms with E-state index in [9.17, 15) is 0 Å². The van der Waals surface area contributed by atoms with Gasteiger partial charge in [0.15, 0.2) is 0 Å². The standard InChI is InChI=1S/C58H38N2/c1-7-21-47-39(15-1)40-16-2-8-22-48(40)57(47)51-25-11-5-19-43(51)45-31-29-37(35-53(45)57)59-33-34-60(56-28-14-13-27-55(56)59)38-30-32-46-44-20-6-12-26-52(44)58(54(46)36-38)49-23-9-3-17-41(49)42-18-4-10-24-50(42)58/h1-32,35-36H,33-34H2. The Morgan fingerprint density at radius 3 is 0.800 bits per heavy atom. The van der Waals surface area contributed by atoms with Gasteiger partial charge in [0.25, 0.3) is 0 Å². The van der Waals surface area contributed by atoms with E-state index in [1.807, 2.05) is 0 Å². The summed E-state index contributed by atoms with van der Waals surface area (Å²) in [4.78, 5) is 5.12. The number of nitrogens with zero attached hydrogens (tertiary/aromatic N) is 2. The van der Waals surface area contributed by atoms with Crippen molar-refractivity contribution in [1.82, 2.24) is 0 Å². The van der Waals surface area contributed by atoms with Crippen LogP contribution >= 0.6 is 0 Å². The van der Waals surface area contributed by atoms with Crippen molar-refractivity contribution in [3.63, 3.8) is 0 Å². The summed E-state index contributed by atoms with van der Waals surface area (Å²) in [6.07, 6.45) is 0. The third kappa shape index (κ3) is 3.81. The highest BCUT2D eigenvalue weighted by Gasteiger charge is 2.53.